The average molecular weight is 378 g/mol. The lowest BCUT2D eigenvalue weighted by Crippen LogP contribution is -2.53. The van der Waals surface area contributed by atoms with Gasteiger partial charge >= 0.3 is 0 Å². The van der Waals surface area contributed by atoms with Crippen molar-refractivity contribution in [2.75, 3.05) is 46.3 Å². The number of nitrogens with one attached hydrogen (secondary N) is 2. The minimum Gasteiger partial charge on any atom is -0.351 e. The van der Waals surface area contributed by atoms with Crippen LogP contribution in [0.3, 0.4) is 0 Å². The van der Waals surface area contributed by atoms with Crippen LogP contribution in [0.1, 0.15) is 26.2 Å². The smallest absolute Gasteiger partial charge is 0.237 e. The third-order valence-corrected chi connectivity index (χ3v) is 4.14. The van der Waals surface area contributed by atoms with Gasteiger partial charge in [0, 0.05) is 38.8 Å². The van der Waals surface area contributed by atoms with Gasteiger partial charge in [-0.15, -0.1) is 37.2 Å². The number of hydrogen-bond donors (Lipinski definition) is 2. The van der Waals surface area contributed by atoms with E-state index < -0.39 is 0 Å². The molecule has 134 valence electrons. The lowest BCUT2D eigenvalue weighted by Gasteiger charge is -2.34. The van der Waals surface area contributed by atoms with Crippen molar-refractivity contribution in [2.24, 2.45) is 0 Å². The number of halogens is 3. The number of carbonyl (C=O) groups is 1. The normalized spacial score (nSPS) is 24.2. The molecule has 8 heteroatoms. The van der Waals surface area contributed by atoms with E-state index in [1.54, 1.807) is 0 Å². The largest absolute Gasteiger partial charge is 0.351 e. The van der Waals surface area contributed by atoms with Gasteiger partial charge in [-0.2, -0.15) is 0 Å². The number of likely N-dealkylation sites (N-methyl/N-ethyl adjacent to an activating group) is 1. The van der Waals surface area contributed by atoms with Crippen LogP contribution >= 0.6 is 37.2 Å². The Kier molecular flexibility index (Phi) is 14.0. The van der Waals surface area contributed by atoms with Crippen LogP contribution in [0, 0.1) is 0 Å². The molecule has 1 unspecified atom stereocenters. The summed E-state index contributed by atoms with van der Waals surface area (Å²) in [6.07, 6.45) is 3.34. The van der Waals surface area contributed by atoms with Crippen LogP contribution in [-0.2, 0) is 4.79 Å². The van der Waals surface area contributed by atoms with Gasteiger partial charge in [0.15, 0.2) is 0 Å². The summed E-state index contributed by atoms with van der Waals surface area (Å²) in [5, 5.41) is 6.45. The van der Waals surface area contributed by atoms with Gasteiger partial charge in [0.2, 0.25) is 5.91 Å². The van der Waals surface area contributed by atoms with Crippen molar-refractivity contribution in [3.8, 4) is 0 Å². The fourth-order valence-electron chi connectivity index (χ4n) is 2.88. The van der Waals surface area contributed by atoms with E-state index >= 15 is 0 Å². The molecule has 0 radical (unpaired) electrons. The maximum atomic E-state index is 12.1. The monoisotopic (exact) mass is 376 g/mol. The zero-order valence-corrected chi connectivity index (χ0v) is 16.0. The average Bonchev–Trinajstić information content (AvgIpc) is 2.42. The number of rotatable bonds is 4. The molecule has 2 aliphatic rings. The molecule has 5 nitrogen and oxygen atoms in total. The number of carbonyl (C=O) groups excluding carboxylic acids is 1. The van der Waals surface area contributed by atoms with Gasteiger partial charge in [-0.1, -0.05) is 6.42 Å². The lowest BCUT2D eigenvalue weighted by atomic mass is 10.0. The Morgan fingerprint density at radius 3 is 2.36 bits per heavy atom. The highest BCUT2D eigenvalue weighted by atomic mass is 35.5. The fourth-order valence-corrected chi connectivity index (χ4v) is 2.88. The van der Waals surface area contributed by atoms with Crippen LogP contribution < -0.4 is 10.6 Å². The van der Waals surface area contributed by atoms with Crippen molar-refractivity contribution < 1.29 is 4.79 Å². The van der Waals surface area contributed by atoms with Crippen molar-refractivity contribution in [3.63, 3.8) is 0 Å². The van der Waals surface area contributed by atoms with E-state index in [4.69, 9.17) is 0 Å². The third kappa shape index (κ3) is 8.18. The first-order chi connectivity index (χ1) is 9.15. The first-order valence-corrected chi connectivity index (χ1v) is 7.60. The molecular weight excluding hydrogens is 347 g/mol. The van der Waals surface area contributed by atoms with E-state index in [0.717, 1.165) is 52.1 Å². The predicted octanol–water partition coefficient (Wildman–Crippen LogP) is 1.15. The molecule has 0 aromatic rings. The summed E-state index contributed by atoms with van der Waals surface area (Å²) in [6, 6.07) is 0.267. The van der Waals surface area contributed by atoms with Gasteiger partial charge < -0.3 is 15.5 Å². The summed E-state index contributed by atoms with van der Waals surface area (Å²) in [6.45, 7) is 8.53. The van der Waals surface area contributed by atoms with Gasteiger partial charge in [-0.25, -0.2) is 0 Å². The van der Waals surface area contributed by atoms with Gasteiger partial charge in [-0.05, 0) is 33.4 Å². The first kappa shape index (κ1) is 24.5. The number of piperazine rings is 1. The van der Waals surface area contributed by atoms with Crippen LogP contribution in [0.4, 0.5) is 0 Å². The summed E-state index contributed by atoms with van der Waals surface area (Å²) in [4.78, 5) is 16.9. The first-order valence-electron chi connectivity index (χ1n) is 7.60. The Labute approximate surface area is 153 Å². The Bertz CT molecular complexity index is 296. The van der Waals surface area contributed by atoms with Crippen LogP contribution in [0.15, 0.2) is 0 Å². The van der Waals surface area contributed by atoms with Gasteiger partial charge in [0.25, 0.3) is 0 Å². The summed E-state index contributed by atoms with van der Waals surface area (Å²) < 4.78 is 0. The van der Waals surface area contributed by atoms with Crippen molar-refractivity contribution in [1.29, 1.82) is 0 Å². The van der Waals surface area contributed by atoms with Gasteiger partial charge in [0.1, 0.15) is 0 Å². The molecular formula is C14H31Cl3N4O. The van der Waals surface area contributed by atoms with E-state index in [2.05, 4.69) is 34.4 Å². The molecule has 2 heterocycles. The van der Waals surface area contributed by atoms with Crippen LogP contribution in [0.5, 0.6) is 0 Å². The number of amides is 1. The van der Waals surface area contributed by atoms with Crippen LogP contribution in [0.25, 0.3) is 0 Å². The molecule has 22 heavy (non-hydrogen) atoms. The molecule has 2 fully saturated rings. The second-order valence-corrected chi connectivity index (χ2v) is 6.02. The molecule has 0 aliphatic carbocycles. The molecule has 1 amide bonds. The number of hydrogen-bond acceptors (Lipinski definition) is 4. The minimum atomic E-state index is 0. The van der Waals surface area contributed by atoms with Crippen molar-refractivity contribution in [2.45, 2.75) is 38.3 Å². The Hall–Kier alpha value is 0.220. The molecule has 2 saturated heterocycles. The molecule has 2 aliphatic heterocycles. The number of piperidine rings is 1. The zero-order valence-electron chi connectivity index (χ0n) is 13.5. The van der Waals surface area contributed by atoms with Crippen LogP contribution in [-0.4, -0.2) is 74.1 Å². The highest BCUT2D eigenvalue weighted by molar-refractivity contribution is 5.86. The van der Waals surface area contributed by atoms with Gasteiger partial charge in [-0.3, -0.25) is 9.69 Å². The third-order valence-electron chi connectivity index (χ3n) is 4.14. The molecule has 0 aromatic heterocycles. The minimum absolute atomic E-state index is 0. The van der Waals surface area contributed by atoms with Crippen LogP contribution in [0.2, 0.25) is 0 Å². The second kappa shape index (κ2) is 12.6. The SMILES string of the molecule is CC(CN1CCN(C)CC1)NC(=O)[C@H]1CCCCN1.Cl.Cl.Cl. The fraction of sp³-hybridized carbons (Fsp3) is 0.929. The summed E-state index contributed by atoms with van der Waals surface area (Å²) >= 11 is 0. The van der Waals surface area contributed by atoms with E-state index in [1.165, 1.54) is 6.42 Å². The molecule has 0 spiro atoms. The van der Waals surface area contributed by atoms with Crippen molar-refractivity contribution >= 4 is 43.1 Å². The lowest BCUT2D eigenvalue weighted by molar-refractivity contribution is -0.124. The quantitative estimate of drug-likeness (QED) is 0.771. The standard InChI is InChI=1S/C14H28N4O.3ClH/c1-12(11-18-9-7-17(2)8-10-18)16-14(19)13-5-3-4-6-15-13;;;/h12-13,15H,3-11H2,1-2H3,(H,16,19);3*1H/t12?,13-;;;/m1.../s1. The second-order valence-electron chi connectivity index (χ2n) is 6.02. The van der Waals surface area contributed by atoms with Gasteiger partial charge in [0.05, 0.1) is 6.04 Å². The summed E-state index contributed by atoms with van der Waals surface area (Å²) in [5.74, 6) is 0.182. The maximum Gasteiger partial charge on any atom is 0.237 e. The zero-order chi connectivity index (χ0) is 13.7. The topological polar surface area (TPSA) is 47.6 Å². The van der Waals surface area contributed by atoms with Crippen molar-refractivity contribution in [3.05, 3.63) is 0 Å². The van der Waals surface area contributed by atoms with Crippen molar-refractivity contribution in [1.82, 2.24) is 20.4 Å². The van der Waals surface area contributed by atoms with E-state index in [-0.39, 0.29) is 55.2 Å². The maximum absolute atomic E-state index is 12.1. The predicted molar refractivity (Wildman–Crippen MR) is 98.9 cm³/mol. The summed E-state index contributed by atoms with van der Waals surface area (Å²) in [5.41, 5.74) is 0. The van der Waals surface area contributed by atoms with E-state index in [1.807, 2.05) is 0 Å². The molecule has 0 saturated carbocycles. The molecule has 2 atom stereocenters. The summed E-state index contributed by atoms with van der Waals surface area (Å²) in [7, 11) is 2.16. The Morgan fingerprint density at radius 1 is 1.18 bits per heavy atom. The van der Waals surface area contributed by atoms with E-state index in [9.17, 15) is 4.79 Å². The Morgan fingerprint density at radius 2 is 1.82 bits per heavy atom. The number of nitrogens with zero attached hydrogens (tertiary/aromatic N) is 2. The molecule has 2 N–H and O–H groups in total. The highest BCUT2D eigenvalue weighted by Crippen LogP contribution is 2.07. The molecule has 2 rings (SSSR count). The highest BCUT2D eigenvalue weighted by Gasteiger charge is 2.23. The molecule has 0 aromatic carbocycles. The van der Waals surface area contributed by atoms with E-state index in [0.29, 0.717) is 0 Å². The molecule has 0 bridgehead atoms. The Balaban J connectivity index is 0.